The number of nitrogens with two attached hydrogens (primary N) is 3. The van der Waals surface area contributed by atoms with Crippen molar-refractivity contribution in [2.75, 3.05) is 0 Å². The standard InChI is InChI=1S/C36H57N3O3/c1-3-4-5-6-7-8-9-10-11-12-13-14-15-16-17-18-32(41)42-29-19-20-30-28(27-29)21-23-36(39)34(30,37)26-25-33(2)31(40)22-24-35(33,36)38/h10-11,19-20,27H,3-9,12-18,21-26,37-39H2,1-2H3/b11-10-/t33-,34+,35+,36+/m1/s1. The highest BCUT2D eigenvalue weighted by Gasteiger charge is 2.72. The molecule has 6 heteroatoms. The van der Waals surface area contributed by atoms with Crippen molar-refractivity contribution in [3.05, 3.63) is 41.5 Å². The van der Waals surface area contributed by atoms with E-state index in [-0.39, 0.29) is 11.8 Å². The van der Waals surface area contributed by atoms with E-state index in [9.17, 15) is 9.59 Å². The Morgan fingerprint density at radius 1 is 0.810 bits per heavy atom. The molecule has 2 fully saturated rings. The van der Waals surface area contributed by atoms with Gasteiger partial charge in [-0.25, -0.2) is 0 Å². The van der Waals surface area contributed by atoms with E-state index >= 15 is 0 Å². The number of benzene rings is 1. The van der Waals surface area contributed by atoms with Crippen molar-refractivity contribution < 1.29 is 14.3 Å². The third-order valence-electron chi connectivity index (χ3n) is 11.2. The minimum Gasteiger partial charge on any atom is -0.427 e. The topological polar surface area (TPSA) is 121 Å². The van der Waals surface area contributed by atoms with Gasteiger partial charge in [-0.15, -0.1) is 0 Å². The van der Waals surface area contributed by atoms with E-state index < -0.39 is 22.0 Å². The van der Waals surface area contributed by atoms with E-state index in [2.05, 4.69) is 19.1 Å². The normalized spacial score (nSPS) is 30.3. The molecule has 0 bridgehead atoms. The van der Waals surface area contributed by atoms with Crippen molar-refractivity contribution in [3.63, 3.8) is 0 Å². The molecule has 4 atom stereocenters. The number of carbonyl (C=O) groups is 2. The Morgan fingerprint density at radius 3 is 2.12 bits per heavy atom. The smallest absolute Gasteiger partial charge is 0.311 e. The van der Waals surface area contributed by atoms with Gasteiger partial charge in [0.25, 0.3) is 0 Å². The number of hydrogen-bond acceptors (Lipinski definition) is 6. The van der Waals surface area contributed by atoms with Gasteiger partial charge in [0.15, 0.2) is 0 Å². The Labute approximate surface area is 254 Å². The first kappa shape index (κ1) is 32.9. The highest BCUT2D eigenvalue weighted by Crippen LogP contribution is 2.62. The second-order valence-corrected chi connectivity index (χ2v) is 13.8. The van der Waals surface area contributed by atoms with Crippen LogP contribution in [0.5, 0.6) is 5.75 Å². The lowest BCUT2D eigenvalue weighted by atomic mass is 9.45. The SMILES string of the molecule is CCCCCCCC/C=C\CCCCCCCC(=O)Oc1ccc2c(c1)CC[C@@]1(N)[C@]3(N)CCC(=O)[C@@]3(C)CC[C@]21N. The van der Waals surface area contributed by atoms with Crippen LogP contribution in [-0.4, -0.2) is 22.8 Å². The molecule has 1 aromatic carbocycles. The minimum atomic E-state index is -0.867. The summed E-state index contributed by atoms with van der Waals surface area (Å²) in [5, 5.41) is 0. The second kappa shape index (κ2) is 14.2. The maximum Gasteiger partial charge on any atom is 0.311 e. The summed E-state index contributed by atoms with van der Waals surface area (Å²) >= 11 is 0. The Morgan fingerprint density at radius 2 is 1.43 bits per heavy atom. The van der Waals surface area contributed by atoms with E-state index in [0.717, 1.165) is 36.8 Å². The molecule has 0 unspecified atom stereocenters. The molecule has 0 heterocycles. The van der Waals surface area contributed by atoms with Gasteiger partial charge in [-0.3, -0.25) is 9.59 Å². The molecule has 0 aliphatic heterocycles. The zero-order valence-electron chi connectivity index (χ0n) is 26.5. The molecule has 0 amide bonds. The molecule has 3 aliphatic rings. The second-order valence-electron chi connectivity index (χ2n) is 13.8. The first-order chi connectivity index (χ1) is 20.1. The number of Topliss-reactive ketones (excluding diaryl/α,β-unsaturated/α-hetero) is 1. The quantitative estimate of drug-likeness (QED) is 0.0818. The predicted molar refractivity (Wildman–Crippen MR) is 171 cm³/mol. The number of carbonyl (C=O) groups excluding carboxylic acids is 2. The van der Waals surface area contributed by atoms with Gasteiger partial charge < -0.3 is 21.9 Å². The molecule has 0 saturated heterocycles. The van der Waals surface area contributed by atoms with E-state index in [0.29, 0.717) is 50.7 Å². The molecule has 0 spiro atoms. The molecule has 3 aliphatic carbocycles. The van der Waals surface area contributed by atoms with E-state index in [4.69, 9.17) is 21.9 Å². The number of unbranched alkanes of at least 4 members (excludes halogenated alkanes) is 11. The summed E-state index contributed by atoms with van der Waals surface area (Å²) in [4.78, 5) is 25.4. The molecule has 2 saturated carbocycles. The minimum absolute atomic E-state index is 0.183. The fourth-order valence-electron chi connectivity index (χ4n) is 8.21. The van der Waals surface area contributed by atoms with Gasteiger partial charge >= 0.3 is 5.97 Å². The fourth-order valence-corrected chi connectivity index (χ4v) is 8.21. The molecule has 234 valence electrons. The van der Waals surface area contributed by atoms with Crippen LogP contribution in [-0.2, 0) is 21.5 Å². The number of ether oxygens (including phenoxy) is 1. The van der Waals surface area contributed by atoms with E-state index in [1.54, 1.807) is 0 Å². The number of ketones is 1. The number of hydrogen-bond donors (Lipinski definition) is 3. The molecule has 0 aromatic heterocycles. The molecule has 42 heavy (non-hydrogen) atoms. The average Bonchev–Trinajstić information content (AvgIpc) is 3.21. The first-order valence-corrected chi connectivity index (χ1v) is 17.0. The molecular weight excluding hydrogens is 522 g/mol. The summed E-state index contributed by atoms with van der Waals surface area (Å²) in [5.41, 5.74) is 20.3. The van der Waals surface area contributed by atoms with Crippen LogP contribution in [0.4, 0.5) is 0 Å². The van der Waals surface area contributed by atoms with E-state index in [1.807, 2.05) is 25.1 Å². The van der Waals surface area contributed by atoms with Crippen molar-refractivity contribution in [1.29, 1.82) is 0 Å². The number of allylic oxidation sites excluding steroid dienone is 2. The zero-order valence-corrected chi connectivity index (χ0v) is 26.5. The Kier molecular flexibility index (Phi) is 11.1. The lowest BCUT2D eigenvalue weighted by Crippen LogP contribution is -2.84. The summed E-state index contributed by atoms with van der Waals surface area (Å²) in [6.07, 6.45) is 24.8. The van der Waals surface area contributed by atoms with Gasteiger partial charge in [-0.1, -0.05) is 83.4 Å². The number of aryl methyl sites for hydroxylation is 1. The van der Waals surface area contributed by atoms with E-state index in [1.165, 1.54) is 57.8 Å². The molecule has 1 aromatic rings. The maximum absolute atomic E-state index is 12.8. The molecule has 0 radical (unpaired) electrons. The lowest BCUT2D eigenvalue weighted by Gasteiger charge is -2.65. The van der Waals surface area contributed by atoms with Gasteiger partial charge in [0.2, 0.25) is 0 Å². The van der Waals surface area contributed by atoms with Crippen LogP contribution in [0.25, 0.3) is 0 Å². The first-order valence-electron chi connectivity index (χ1n) is 17.0. The summed E-state index contributed by atoms with van der Waals surface area (Å²) in [6.45, 7) is 4.25. The van der Waals surface area contributed by atoms with Crippen molar-refractivity contribution in [2.24, 2.45) is 22.6 Å². The number of rotatable bonds is 16. The summed E-state index contributed by atoms with van der Waals surface area (Å²) in [7, 11) is 0. The number of fused-ring (bicyclic) bond motifs is 5. The average molecular weight is 580 g/mol. The Balaban J connectivity index is 1.16. The van der Waals surface area contributed by atoms with Crippen LogP contribution in [0.15, 0.2) is 30.4 Å². The monoisotopic (exact) mass is 579 g/mol. The van der Waals surface area contributed by atoms with Crippen LogP contribution in [0.1, 0.15) is 147 Å². The van der Waals surface area contributed by atoms with Gasteiger partial charge in [-0.05, 0) is 87.5 Å². The molecule has 6 N–H and O–H groups in total. The maximum atomic E-state index is 12.8. The largest absolute Gasteiger partial charge is 0.427 e. The van der Waals surface area contributed by atoms with Crippen LogP contribution in [0, 0.1) is 5.41 Å². The van der Waals surface area contributed by atoms with Gasteiger partial charge in [0.05, 0.1) is 11.1 Å². The van der Waals surface area contributed by atoms with Crippen LogP contribution >= 0.6 is 0 Å². The highest BCUT2D eigenvalue weighted by atomic mass is 16.5. The number of esters is 1. The fraction of sp³-hybridized carbons (Fsp3) is 0.722. The molecule has 4 rings (SSSR count). The van der Waals surface area contributed by atoms with Gasteiger partial charge in [-0.2, -0.15) is 0 Å². The lowest BCUT2D eigenvalue weighted by molar-refractivity contribution is -0.134. The third kappa shape index (κ3) is 6.42. The van der Waals surface area contributed by atoms with Gasteiger partial charge in [0.1, 0.15) is 11.5 Å². The Bertz CT molecular complexity index is 1120. The van der Waals surface area contributed by atoms with Crippen LogP contribution in [0.3, 0.4) is 0 Å². The molecule has 6 nitrogen and oxygen atoms in total. The van der Waals surface area contributed by atoms with Gasteiger partial charge in [0, 0.05) is 23.8 Å². The van der Waals surface area contributed by atoms with Crippen molar-refractivity contribution in [1.82, 2.24) is 0 Å². The van der Waals surface area contributed by atoms with Crippen molar-refractivity contribution >= 4 is 11.8 Å². The van der Waals surface area contributed by atoms with Crippen molar-refractivity contribution in [2.45, 2.75) is 159 Å². The summed E-state index contributed by atoms with van der Waals surface area (Å²) in [5.74, 6) is 0.604. The zero-order chi connectivity index (χ0) is 30.3. The van der Waals surface area contributed by atoms with Crippen molar-refractivity contribution in [3.8, 4) is 5.75 Å². The Hall–Kier alpha value is -2.02. The third-order valence-corrected chi connectivity index (χ3v) is 11.2. The van der Waals surface area contributed by atoms with Crippen LogP contribution < -0.4 is 21.9 Å². The summed E-state index contributed by atoms with van der Waals surface area (Å²) in [6, 6.07) is 5.77. The summed E-state index contributed by atoms with van der Waals surface area (Å²) < 4.78 is 5.72. The predicted octanol–water partition coefficient (Wildman–Crippen LogP) is 7.29. The highest BCUT2D eigenvalue weighted by molar-refractivity contribution is 5.90. The van der Waals surface area contributed by atoms with Crippen LogP contribution in [0.2, 0.25) is 0 Å². The molecular formula is C36H57N3O3.